The lowest BCUT2D eigenvalue weighted by Crippen LogP contribution is -2.19. The smallest absolute Gasteiger partial charge is 0.264 e. The molecule has 8 heteroatoms. The fourth-order valence-corrected chi connectivity index (χ4v) is 3.60. The van der Waals surface area contributed by atoms with E-state index in [1.54, 1.807) is 45.6 Å². The summed E-state index contributed by atoms with van der Waals surface area (Å²) in [5.74, 6) is 1.42. The molecule has 0 radical (unpaired) electrons. The Morgan fingerprint density at radius 2 is 1.79 bits per heavy atom. The first kappa shape index (κ1) is 20.1. The molecule has 2 aromatic carbocycles. The molecular formula is C20H19ClN2O4S. The van der Waals surface area contributed by atoms with Gasteiger partial charge >= 0.3 is 0 Å². The number of hydrogen-bond acceptors (Lipinski definition) is 6. The van der Waals surface area contributed by atoms with E-state index < -0.39 is 0 Å². The van der Waals surface area contributed by atoms with Gasteiger partial charge in [-0.1, -0.05) is 17.7 Å². The summed E-state index contributed by atoms with van der Waals surface area (Å²) >= 11 is 7.38. The van der Waals surface area contributed by atoms with Crippen LogP contribution in [0.1, 0.15) is 11.1 Å². The maximum atomic E-state index is 12.4. The minimum Gasteiger partial charge on any atom is -0.496 e. The van der Waals surface area contributed by atoms with Crippen molar-refractivity contribution in [3.05, 3.63) is 51.4 Å². The first-order chi connectivity index (χ1) is 13.5. The highest BCUT2D eigenvalue weighted by molar-refractivity contribution is 8.18. The zero-order chi connectivity index (χ0) is 20.3. The van der Waals surface area contributed by atoms with Crippen molar-refractivity contribution >= 4 is 46.2 Å². The molecule has 0 atom stereocenters. The van der Waals surface area contributed by atoms with Crippen LogP contribution in [0.2, 0.25) is 5.02 Å². The second kappa shape index (κ2) is 8.58. The summed E-state index contributed by atoms with van der Waals surface area (Å²) in [5, 5.41) is 3.88. The lowest BCUT2D eigenvalue weighted by atomic mass is 10.1. The molecule has 1 amide bonds. The van der Waals surface area contributed by atoms with E-state index in [9.17, 15) is 4.79 Å². The molecule has 0 unspecified atom stereocenters. The Morgan fingerprint density at radius 1 is 1.11 bits per heavy atom. The number of carbonyl (C=O) groups is 1. The summed E-state index contributed by atoms with van der Waals surface area (Å²) in [6, 6.07) is 8.93. The van der Waals surface area contributed by atoms with Gasteiger partial charge < -0.3 is 19.5 Å². The molecular weight excluding hydrogens is 400 g/mol. The van der Waals surface area contributed by atoms with Gasteiger partial charge in [-0.2, -0.15) is 0 Å². The minimum atomic E-state index is -0.247. The van der Waals surface area contributed by atoms with Gasteiger partial charge in [0.25, 0.3) is 5.91 Å². The fourth-order valence-electron chi connectivity index (χ4n) is 2.61. The number of hydrogen-bond donors (Lipinski definition) is 1. The number of amidine groups is 1. The fraction of sp³-hybridized carbons (Fsp3) is 0.200. The van der Waals surface area contributed by atoms with Gasteiger partial charge in [0, 0.05) is 17.2 Å². The molecule has 0 aromatic heterocycles. The van der Waals surface area contributed by atoms with Gasteiger partial charge in [-0.3, -0.25) is 4.79 Å². The third kappa shape index (κ3) is 4.10. The average molecular weight is 419 g/mol. The molecule has 1 saturated heterocycles. The number of nitrogens with zero attached hydrogens (tertiary/aromatic N) is 1. The van der Waals surface area contributed by atoms with Crippen molar-refractivity contribution in [3.8, 4) is 17.2 Å². The Hall–Kier alpha value is -2.64. The number of aliphatic imine (C=N–C) groups is 1. The van der Waals surface area contributed by atoms with Crippen molar-refractivity contribution in [2.75, 3.05) is 21.3 Å². The largest absolute Gasteiger partial charge is 0.496 e. The molecule has 3 rings (SSSR count). The van der Waals surface area contributed by atoms with Gasteiger partial charge in [0.05, 0.1) is 37.5 Å². The second-order valence-electron chi connectivity index (χ2n) is 5.81. The van der Waals surface area contributed by atoms with Crippen LogP contribution in [-0.2, 0) is 4.79 Å². The molecule has 1 fully saturated rings. The summed E-state index contributed by atoms with van der Waals surface area (Å²) in [6.45, 7) is 1.88. The number of ether oxygens (including phenoxy) is 3. The number of halogens is 1. The van der Waals surface area contributed by atoms with Gasteiger partial charge in [0.1, 0.15) is 17.2 Å². The monoisotopic (exact) mass is 418 g/mol. The van der Waals surface area contributed by atoms with E-state index in [2.05, 4.69) is 10.3 Å². The Bertz CT molecular complexity index is 963. The van der Waals surface area contributed by atoms with Gasteiger partial charge in [-0.05, 0) is 42.5 Å². The van der Waals surface area contributed by atoms with Crippen LogP contribution in [0, 0.1) is 6.92 Å². The van der Waals surface area contributed by atoms with Crippen LogP contribution in [0.4, 0.5) is 5.69 Å². The molecule has 1 N–H and O–H groups in total. The van der Waals surface area contributed by atoms with Gasteiger partial charge in [-0.15, -0.1) is 0 Å². The molecule has 0 bridgehead atoms. The number of thioether (sulfide) groups is 1. The first-order valence-corrected chi connectivity index (χ1v) is 9.51. The molecule has 6 nitrogen and oxygen atoms in total. The highest BCUT2D eigenvalue weighted by Crippen LogP contribution is 2.38. The number of methoxy groups -OCH3 is 3. The van der Waals surface area contributed by atoms with Crippen molar-refractivity contribution in [2.24, 2.45) is 4.99 Å². The highest BCUT2D eigenvalue weighted by Gasteiger charge is 2.25. The molecule has 0 aliphatic carbocycles. The zero-order valence-corrected chi connectivity index (χ0v) is 17.4. The summed E-state index contributed by atoms with van der Waals surface area (Å²) in [6.07, 6.45) is 1.71. The van der Waals surface area contributed by atoms with E-state index in [0.29, 0.717) is 43.6 Å². The molecule has 28 heavy (non-hydrogen) atoms. The molecule has 2 aromatic rings. The molecule has 0 spiro atoms. The summed E-state index contributed by atoms with van der Waals surface area (Å²) < 4.78 is 16.1. The maximum absolute atomic E-state index is 12.4. The number of amides is 1. The number of carbonyl (C=O) groups excluding carboxylic acids is 1. The molecule has 1 heterocycles. The van der Waals surface area contributed by atoms with Crippen LogP contribution < -0.4 is 19.5 Å². The van der Waals surface area contributed by atoms with Crippen molar-refractivity contribution < 1.29 is 19.0 Å². The van der Waals surface area contributed by atoms with E-state index in [1.807, 2.05) is 19.1 Å². The van der Waals surface area contributed by atoms with Crippen molar-refractivity contribution in [1.29, 1.82) is 0 Å². The Morgan fingerprint density at radius 3 is 2.39 bits per heavy atom. The Kier molecular flexibility index (Phi) is 6.16. The van der Waals surface area contributed by atoms with Crippen LogP contribution in [0.25, 0.3) is 6.08 Å². The van der Waals surface area contributed by atoms with Crippen molar-refractivity contribution in [1.82, 2.24) is 5.32 Å². The highest BCUT2D eigenvalue weighted by atomic mass is 35.5. The van der Waals surface area contributed by atoms with Crippen LogP contribution in [0.15, 0.2) is 40.2 Å². The summed E-state index contributed by atoms with van der Waals surface area (Å²) in [5.41, 5.74) is 2.20. The summed E-state index contributed by atoms with van der Waals surface area (Å²) in [4.78, 5) is 17.4. The number of rotatable bonds is 5. The minimum absolute atomic E-state index is 0.247. The zero-order valence-electron chi connectivity index (χ0n) is 15.8. The van der Waals surface area contributed by atoms with Gasteiger partial charge in [0.2, 0.25) is 0 Å². The Labute approximate surface area is 172 Å². The lowest BCUT2D eigenvalue weighted by Gasteiger charge is -2.12. The molecule has 0 saturated carbocycles. The predicted octanol–water partition coefficient (Wildman–Crippen LogP) is 4.57. The first-order valence-electron chi connectivity index (χ1n) is 8.31. The van der Waals surface area contributed by atoms with Gasteiger partial charge in [-0.25, -0.2) is 4.99 Å². The SMILES string of the molecule is COc1cc(OC)c(C=C2SC(=Nc3cccc(Cl)c3C)NC2=O)c(OC)c1. The maximum Gasteiger partial charge on any atom is 0.264 e. The topological polar surface area (TPSA) is 69.2 Å². The van der Waals surface area contributed by atoms with Crippen molar-refractivity contribution in [3.63, 3.8) is 0 Å². The Balaban J connectivity index is 1.97. The summed E-state index contributed by atoms with van der Waals surface area (Å²) in [7, 11) is 4.66. The van der Waals surface area contributed by atoms with Crippen LogP contribution in [0.3, 0.4) is 0 Å². The third-order valence-corrected chi connectivity index (χ3v) is 5.46. The van der Waals surface area contributed by atoms with E-state index in [-0.39, 0.29) is 5.91 Å². The molecule has 146 valence electrons. The van der Waals surface area contributed by atoms with Crippen LogP contribution in [-0.4, -0.2) is 32.4 Å². The normalized spacial score (nSPS) is 16.4. The van der Waals surface area contributed by atoms with Crippen molar-refractivity contribution in [2.45, 2.75) is 6.92 Å². The average Bonchev–Trinajstić information content (AvgIpc) is 3.04. The molecule has 1 aliphatic heterocycles. The van der Waals surface area contributed by atoms with Gasteiger partial charge in [0.15, 0.2) is 5.17 Å². The van der Waals surface area contributed by atoms with E-state index in [1.165, 1.54) is 11.8 Å². The standard InChI is InChI=1S/C20H19ClN2O4S/c1-11-14(21)6-5-7-15(11)22-20-23-19(24)18(28-20)10-13-16(26-3)8-12(25-2)9-17(13)27-4/h5-10H,1-4H3,(H,22,23,24). The number of nitrogens with one attached hydrogen (secondary N) is 1. The quantitative estimate of drug-likeness (QED) is 0.720. The van der Waals surface area contributed by atoms with Crippen LogP contribution >= 0.6 is 23.4 Å². The lowest BCUT2D eigenvalue weighted by molar-refractivity contribution is -0.115. The predicted molar refractivity (Wildman–Crippen MR) is 113 cm³/mol. The van der Waals surface area contributed by atoms with E-state index in [4.69, 9.17) is 25.8 Å². The second-order valence-corrected chi connectivity index (χ2v) is 7.25. The van der Waals surface area contributed by atoms with E-state index in [0.717, 1.165) is 5.56 Å². The van der Waals surface area contributed by atoms with E-state index >= 15 is 0 Å². The third-order valence-electron chi connectivity index (χ3n) is 4.14. The van der Waals surface area contributed by atoms with Crippen LogP contribution in [0.5, 0.6) is 17.2 Å². The molecule has 1 aliphatic rings. The number of benzene rings is 2.